The van der Waals surface area contributed by atoms with Crippen molar-refractivity contribution < 1.29 is 4.79 Å². The summed E-state index contributed by atoms with van der Waals surface area (Å²) in [5.41, 5.74) is 3.52. The number of amides is 1. The fourth-order valence-electron chi connectivity index (χ4n) is 1.98. The summed E-state index contributed by atoms with van der Waals surface area (Å²) in [6.45, 7) is 6.69. The number of carbonyl (C=O) groups is 1. The third kappa shape index (κ3) is 3.82. The van der Waals surface area contributed by atoms with Crippen molar-refractivity contribution in [2.75, 3.05) is 17.2 Å². The molecule has 0 aliphatic rings. The van der Waals surface area contributed by atoms with Crippen molar-refractivity contribution in [2.24, 2.45) is 0 Å². The molecule has 0 bridgehead atoms. The second kappa shape index (κ2) is 6.72. The Morgan fingerprint density at radius 1 is 1.29 bits per heavy atom. The average molecular weight is 348 g/mol. The van der Waals surface area contributed by atoms with E-state index in [2.05, 4.69) is 31.5 Å². The molecule has 1 heterocycles. The number of hydrogen-bond acceptors (Lipinski definition) is 3. The molecule has 0 unspecified atom stereocenters. The summed E-state index contributed by atoms with van der Waals surface area (Å²) >= 11 is 3.40. The van der Waals surface area contributed by atoms with Crippen LogP contribution in [-0.2, 0) is 0 Å². The highest BCUT2D eigenvalue weighted by molar-refractivity contribution is 9.10. The monoisotopic (exact) mass is 347 g/mol. The van der Waals surface area contributed by atoms with E-state index < -0.39 is 0 Å². The highest BCUT2D eigenvalue weighted by Crippen LogP contribution is 2.21. The molecule has 1 aromatic heterocycles. The zero-order valence-corrected chi connectivity index (χ0v) is 13.9. The van der Waals surface area contributed by atoms with Crippen LogP contribution in [0.4, 0.5) is 11.5 Å². The van der Waals surface area contributed by atoms with Crippen LogP contribution < -0.4 is 10.6 Å². The molecule has 110 valence electrons. The smallest absolute Gasteiger partial charge is 0.258 e. The van der Waals surface area contributed by atoms with Gasteiger partial charge in [0, 0.05) is 22.9 Å². The number of rotatable bonds is 4. The molecular weight excluding hydrogens is 330 g/mol. The van der Waals surface area contributed by atoms with Gasteiger partial charge < -0.3 is 10.6 Å². The number of nitrogens with zero attached hydrogens (tertiary/aromatic N) is 1. The van der Waals surface area contributed by atoms with Crippen LogP contribution in [0.2, 0.25) is 0 Å². The van der Waals surface area contributed by atoms with Crippen LogP contribution >= 0.6 is 15.9 Å². The SMILES string of the molecule is CCNc1ccc(C)cc1C(=O)Nc1cc(C)c(Br)cn1. The number of hydrogen-bond donors (Lipinski definition) is 2. The Morgan fingerprint density at radius 2 is 2.05 bits per heavy atom. The lowest BCUT2D eigenvalue weighted by molar-refractivity contribution is 0.102. The molecule has 0 fully saturated rings. The van der Waals surface area contributed by atoms with Gasteiger partial charge in [-0.2, -0.15) is 0 Å². The Labute approximate surface area is 133 Å². The minimum atomic E-state index is -0.163. The van der Waals surface area contributed by atoms with Gasteiger partial charge in [-0.15, -0.1) is 0 Å². The van der Waals surface area contributed by atoms with Crippen molar-refractivity contribution >= 4 is 33.3 Å². The Bertz CT molecular complexity index is 671. The quantitative estimate of drug-likeness (QED) is 0.873. The van der Waals surface area contributed by atoms with Crippen molar-refractivity contribution in [1.82, 2.24) is 4.98 Å². The first kappa shape index (κ1) is 15.5. The number of benzene rings is 1. The first-order valence-electron chi connectivity index (χ1n) is 6.79. The van der Waals surface area contributed by atoms with E-state index in [0.717, 1.165) is 27.8 Å². The van der Waals surface area contributed by atoms with Crippen molar-refractivity contribution in [2.45, 2.75) is 20.8 Å². The Kier molecular flexibility index (Phi) is 4.96. The predicted molar refractivity (Wildman–Crippen MR) is 90.0 cm³/mol. The average Bonchev–Trinajstić information content (AvgIpc) is 2.45. The van der Waals surface area contributed by atoms with Gasteiger partial charge in [-0.25, -0.2) is 4.98 Å². The van der Waals surface area contributed by atoms with Crippen LogP contribution in [0, 0.1) is 13.8 Å². The van der Waals surface area contributed by atoms with E-state index >= 15 is 0 Å². The fourth-order valence-corrected chi connectivity index (χ4v) is 2.20. The molecule has 1 amide bonds. The molecule has 0 aliphatic carbocycles. The van der Waals surface area contributed by atoms with Gasteiger partial charge >= 0.3 is 0 Å². The number of anilines is 2. The molecule has 2 N–H and O–H groups in total. The Morgan fingerprint density at radius 3 is 2.71 bits per heavy atom. The summed E-state index contributed by atoms with van der Waals surface area (Å²) in [5.74, 6) is 0.383. The fraction of sp³-hybridized carbons (Fsp3) is 0.250. The molecule has 0 aliphatic heterocycles. The Hall–Kier alpha value is -1.88. The third-order valence-corrected chi connectivity index (χ3v) is 3.91. The molecule has 0 atom stereocenters. The van der Waals surface area contributed by atoms with Gasteiger partial charge in [-0.1, -0.05) is 11.6 Å². The van der Waals surface area contributed by atoms with E-state index in [1.165, 1.54) is 0 Å². The highest BCUT2D eigenvalue weighted by atomic mass is 79.9. The standard InChI is InChI=1S/C16H18BrN3O/c1-4-18-14-6-5-10(2)7-12(14)16(21)20-15-8-11(3)13(17)9-19-15/h5-9,18H,4H2,1-3H3,(H,19,20,21). The van der Waals surface area contributed by atoms with Gasteiger partial charge in [0.05, 0.1) is 5.56 Å². The van der Waals surface area contributed by atoms with E-state index in [0.29, 0.717) is 11.4 Å². The third-order valence-electron chi connectivity index (χ3n) is 3.08. The van der Waals surface area contributed by atoms with Crippen LogP contribution in [0.3, 0.4) is 0 Å². The molecule has 4 nitrogen and oxygen atoms in total. The van der Waals surface area contributed by atoms with E-state index in [4.69, 9.17) is 0 Å². The largest absolute Gasteiger partial charge is 0.385 e. The highest BCUT2D eigenvalue weighted by Gasteiger charge is 2.12. The first-order valence-corrected chi connectivity index (χ1v) is 7.58. The molecule has 21 heavy (non-hydrogen) atoms. The predicted octanol–water partition coefficient (Wildman–Crippen LogP) is 4.15. The lowest BCUT2D eigenvalue weighted by Gasteiger charge is -2.12. The second-order valence-corrected chi connectivity index (χ2v) is 5.71. The lowest BCUT2D eigenvalue weighted by atomic mass is 10.1. The van der Waals surface area contributed by atoms with Gasteiger partial charge in [-0.3, -0.25) is 4.79 Å². The number of halogens is 1. The number of carbonyl (C=O) groups excluding carboxylic acids is 1. The summed E-state index contributed by atoms with van der Waals surface area (Å²) in [5, 5.41) is 6.04. The molecule has 5 heteroatoms. The molecule has 0 spiro atoms. The van der Waals surface area contributed by atoms with E-state index in [-0.39, 0.29) is 5.91 Å². The van der Waals surface area contributed by atoms with E-state index in [1.807, 2.05) is 45.0 Å². The van der Waals surface area contributed by atoms with Crippen molar-refractivity contribution in [3.8, 4) is 0 Å². The zero-order chi connectivity index (χ0) is 15.4. The molecular formula is C16H18BrN3O. The van der Waals surface area contributed by atoms with Gasteiger partial charge in [0.1, 0.15) is 5.82 Å². The molecule has 0 radical (unpaired) electrons. The van der Waals surface area contributed by atoms with Crippen LogP contribution in [-0.4, -0.2) is 17.4 Å². The van der Waals surface area contributed by atoms with Crippen molar-refractivity contribution in [3.63, 3.8) is 0 Å². The number of aryl methyl sites for hydroxylation is 2. The normalized spacial score (nSPS) is 10.3. The summed E-state index contributed by atoms with van der Waals surface area (Å²) in [6.07, 6.45) is 1.69. The molecule has 1 aromatic carbocycles. The topological polar surface area (TPSA) is 54.0 Å². The van der Waals surface area contributed by atoms with Crippen molar-refractivity contribution in [1.29, 1.82) is 0 Å². The molecule has 0 saturated carbocycles. The summed E-state index contributed by atoms with van der Waals surface area (Å²) < 4.78 is 0.921. The van der Waals surface area contributed by atoms with Crippen LogP contribution in [0.1, 0.15) is 28.4 Å². The lowest BCUT2D eigenvalue weighted by Crippen LogP contribution is -2.16. The van der Waals surface area contributed by atoms with Gasteiger partial charge in [-0.05, 0) is 60.5 Å². The summed E-state index contributed by atoms with van der Waals surface area (Å²) in [7, 11) is 0. The van der Waals surface area contributed by atoms with Crippen LogP contribution in [0.15, 0.2) is 34.9 Å². The second-order valence-electron chi connectivity index (χ2n) is 4.85. The van der Waals surface area contributed by atoms with E-state index in [1.54, 1.807) is 6.20 Å². The van der Waals surface area contributed by atoms with Crippen molar-refractivity contribution in [3.05, 3.63) is 51.6 Å². The molecule has 2 rings (SSSR count). The summed E-state index contributed by atoms with van der Waals surface area (Å²) in [6, 6.07) is 7.62. The van der Waals surface area contributed by atoms with E-state index in [9.17, 15) is 4.79 Å². The van der Waals surface area contributed by atoms with Crippen LogP contribution in [0.25, 0.3) is 0 Å². The summed E-state index contributed by atoms with van der Waals surface area (Å²) in [4.78, 5) is 16.7. The van der Waals surface area contributed by atoms with Gasteiger partial charge in [0.2, 0.25) is 0 Å². The number of nitrogens with one attached hydrogen (secondary N) is 2. The maximum absolute atomic E-state index is 12.5. The minimum Gasteiger partial charge on any atom is -0.385 e. The maximum atomic E-state index is 12.5. The van der Waals surface area contributed by atoms with Crippen LogP contribution in [0.5, 0.6) is 0 Å². The minimum absolute atomic E-state index is 0.163. The van der Waals surface area contributed by atoms with Gasteiger partial charge in [0.25, 0.3) is 5.91 Å². The number of pyridine rings is 1. The maximum Gasteiger partial charge on any atom is 0.258 e. The molecule has 2 aromatic rings. The van der Waals surface area contributed by atoms with Gasteiger partial charge in [0.15, 0.2) is 0 Å². The Balaban J connectivity index is 2.27. The zero-order valence-electron chi connectivity index (χ0n) is 12.3. The first-order chi connectivity index (χ1) is 10.0. The number of aromatic nitrogens is 1. The molecule has 0 saturated heterocycles.